The van der Waals surface area contributed by atoms with Crippen LogP contribution in [0.4, 0.5) is 0 Å². The van der Waals surface area contributed by atoms with E-state index in [0.29, 0.717) is 0 Å². The maximum Gasteiger partial charge on any atom is 0.683 e. The van der Waals surface area contributed by atoms with Crippen LogP contribution in [0.3, 0.4) is 0 Å². The second kappa shape index (κ2) is 9.64. The van der Waals surface area contributed by atoms with Gasteiger partial charge in [-0.3, -0.25) is 10.0 Å². The summed E-state index contributed by atoms with van der Waals surface area (Å²) < 4.78 is 11.6. The van der Waals surface area contributed by atoms with Crippen LogP contribution in [0.25, 0.3) is 0 Å². The van der Waals surface area contributed by atoms with Crippen LogP contribution in [0, 0.1) is 0 Å². The standard InChI is InChI=1S/C18H22Cl2N4O2Si/c1-23(2)21-17(15-11-7-5-8-12-15)25-27(19,20)26-18(22-24(3)4)16-13-9-6-10-14-16/h5-14H,1-4H3/b21-17+,22-18+. The molecule has 0 atom stereocenters. The Balaban J connectivity index is 2.29. The van der Waals surface area contributed by atoms with Crippen molar-refractivity contribution in [2.75, 3.05) is 28.2 Å². The largest absolute Gasteiger partial charge is 0.683 e. The van der Waals surface area contributed by atoms with Gasteiger partial charge >= 0.3 is 7.18 Å². The molecule has 0 saturated heterocycles. The lowest BCUT2D eigenvalue weighted by Crippen LogP contribution is -2.36. The summed E-state index contributed by atoms with van der Waals surface area (Å²) in [5, 5.41) is 11.9. The molecule has 0 fully saturated rings. The zero-order valence-electron chi connectivity index (χ0n) is 15.6. The summed E-state index contributed by atoms with van der Waals surface area (Å²) in [6.45, 7) is 0. The van der Waals surface area contributed by atoms with E-state index in [0.717, 1.165) is 11.1 Å². The summed E-state index contributed by atoms with van der Waals surface area (Å²) in [4.78, 5) is 0. The number of hydrazone groups is 2. The first kappa shape index (κ1) is 21.1. The molecule has 0 aromatic heterocycles. The van der Waals surface area contributed by atoms with Gasteiger partial charge in [-0.2, -0.15) is 0 Å². The molecule has 0 saturated carbocycles. The van der Waals surface area contributed by atoms with Gasteiger partial charge in [-0.15, -0.1) is 10.2 Å². The highest BCUT2D eigenvalue weighted by molar-refractivity contribution is 7.40. The molecule has 0 spiro atoms. The van der Waals surface area contributed by atoms with E-state index in [-0.39, 0.29) is 11.8 Å². The number of benzene rings is 2. The van der Waals surface area contributed by atoms with Gasteiger partial charge in [0, 0.05) is 39.3 Å². The van der Waals surface area contributed by atoms with Crippen LogP contribution >= 0.6 is 22.2 Å². The van der Waals surface area contributed by atoms with Crippen molar-refractivity contribution < 1.29 is 8.85 Å². The quantitative estimate of drug-likeness (QED) is 0.232. The molecular weight excluding hydrogens is 403 g/mol. The van der Waals surface area contributed by atoms with Crippen molar-refractivity contribution in [2.24, 2.45) is 10.2 Å². The van der Waals surface area contributed by atoms with Crippen LogP contribution in [0.15, 0.2) is 70.9 Å². The zero-order valence-corrected chi connectivity index (χ0v) is 18.1. The molecule has 2 aromatic rings. The first-order valence-electron chi connectivity index (χ1n) is 8.15. The summed E-state index contributed by atoms with van der Waals surface area (Å²) in [5.41, 5.74) is 1.47. The predicted octanol–water partition coefficient (Wildman–Crippen LogP) is 3.78. The van der Waals surface area contributed by atoms with E-state index in [1.165, 1.54) is 0 Å². The van der Waals surface area contributed by atoms with Gasteiger partial charge in [0.25, 0.3) is 0 Å². The van der Waals surface area contributed by atoms with Crippen molar-refractivity contribution in [1.29, 1.82) is 0 Å². The normalized spacial score (nSPS) is 12.5. The fourth-order valence-electron chi connectivity index (χ4n) is 2.04. The van der Waals surface area contributed by atoms with Gasteiger partial charge in [-0.05, 0) is 24.3 Å². The molecule has 0 amide bonds. The molecule has 2 aromatic carbocycles. The highest BCUT2D eigenvalue weighted by atomic mass is 35.7. The van der Waals surface area contributed by atoms with Gasteiger partial charge in [0.05, 0.1) is 0 Å². The van der Waals surface area contributed by atoms with Gasteiger partial charge < -0.3 is 8.85 Å². The van der Waals surface area contributed by atoms with E-state index in [1.807, 2.05) is 60.7 Å². The minimum Gasteiger partial charge on any atom is -0.474 e. The monoisotopic (exact) mass is 424 g/mol. The van der Waals surface area contributed by atoms with Crippen molar-refractivity contribution in [3.8, 4) is 0 Å². The van der Waals surface area contributed by atoms with Crippen LogP contribution < -0.4 is 0 Å². The van der Waals surface area contributed by atoms with Crippen LogP contribution in [0.5, 0.6) is 0 Å². The third kappa shape index (κ3) is 7.13. The minimum absolute atomic E-state index is 0.273. The third-order valence-corrected chi connectivity index (χ3v) is 4.84. The molecule has 0 unspecified atom stereocenters. The number of halogens is 2. The predicted molar refractivity (Wildman–Crippen MR) is 113 cm³/mol. The summed E-state index contributed by atoms with van der Waals surface area (Å²) in [5.74, 6) is 0.545. The van der Waals surface area contributed by atoms with Gasteiger partial charge in [-0.25, -0.2) is 0 Å². The summed E-state index contributed by atoms with van der Waals surface area (Å²) in [7, 11) is 3.42. The molecule has 0 bridgehead atoms. The van der Waals surface area contributed by atoms with E-state index in [2.05, 4.69) is 10.2 Å². The number of hydrogen-bond donors (Lipinski definition) is 0. The summed E-state index contributed by atoms with van der Waals surface area (Å²) >= 11 is 12.9. The molecular formula is C18H22Cl2N4O2Si. The number of nitrogens with zero attached hydrogens (tertiary/aromatic N) is 4. The molecule has 0 aliphatic rings. The highest BCUT2D eigenvalue weighted by Gasteiger charge is 2.42. The summed E-state index contributed by atoms with van der Waals surface area (Å²) in [6.07, 6.45) is 0. The van der Waals surface area contributed by atoms with Crippen LogP contribution in [-0.4, -0.2) is 57.2 Å². The molecule has 0 heterocycles. The fraction of sp³-hybridized carbons (Fsp3) is 0.222. The third-order valence-electron chi connectivity index (χ3n) is 3.05. The van der Waals surface area contributed by atoms with E-state index in [4.69, 9.17) is 31.0 Å². The molecule has 0 N–H and O–H groups in total. The topological polar surface area (TPSA) is 49.7 Å². The molecule has 0 radical (unpaired) electrons. The van der Waals surface area contributed by atoms with Crippen LogP contribution in [-0.2, 0) is 8.85 Å². The smallest absolute Gasteiger partial charge is 0.474 e. The maximum absolute atomic E-state index is 6.45. The second-order valence-electron chi connectivity index (χ2n) is 5.90. The lowest BCUT2D eigenvalue weighted by atomic mass is 10.2. The fourth-order valence-corrected chi connectivity index (χ4v) is 3.73. The maximum atomic E-state index is 6.45. The summed E-state index contributed by atoms with van der Waals surface area (Å²) in [6, 6.07) is 18.7. The van der Waals surface area contributed by atoms with Gasteiger partial charge in [0.1, 0.15) is 0 Å². The molecule has 0 aliphatic heterocycles. The van der Waals surface area contributed by atoms with Crippen LogP contribution in [0.1, 0.15) is 11.1 Å². The van der Waals surface area contributed by atoms with Gasteiger partial charge in [0.15, 0.2) is 0 Å². The Morgan fingerprint density at radius 2 is 1.04 bits per heavy atom. The molecule has 9 heteroatoms. The van der Waals surface area contributed by atoms with Crippen molar-refractivity contribution in [2.45, 2.75) is 0 Å². The van der Waals surface area contributed by atoms with E-state index in [9.17, 15) is 0 Å². The van der Waals surface area contributed by atoms with E-state index in [1.54, 1.807) is 38.2 Å². The first-order valence-corrected chi connectivity index (χ1v) is 12.0. The van der Waals surface area contributed by atoms with Crippen molar-refractivity contribution >= 4 is 41.1 Å². The Morgan fingerprint density at radius 1 is 0.704 bits per heavy atom. The van der Waals surface area contributed by atoms with Gasteiger partial charge in [0.2, 0.25) is 11.8 Å². The van der Waals surface area contributed by atoms with E-state index < -0.39 is 7.18 Å². The lowest BCUT2D eigenvalue weighted by molar-refractivity contribution is 0.373. The SMILES string of the molecule is CN(C)/N=C(/O[Si](Cl)(Cl)O/C(=N/N(C)C)c1ccccc1)c1ccccc1. The van der Waals surface area contributed by atoms with Crippen molar-refractivity contribution in [1.82, 2.24) is 10.0 Å². The Hall–Kier alpha value is -2.22. The Morgan fingerprint density at radius 3 is 1.33 bits per heavy atom. The molecule has 2 rings (SSSR count). The Kier molecular flexibility index (Phi) is 7.52. The number of rotatable bonds is 6. The Bertz CT molecular complexity index is 719. The van der Waals surface area contributed by atoms with Crippen molar-refractivity contribution in [3.63, 3.8) is 0 Å². The minimum atomic E-state index is -3.70. The van der Waals surface area contributed by atoms with Gasteiger partial charge in [-0.1, -0.05) is 58.6 Å². The Labute approximate surface area is 170 Å². The molecule has 27 heavy (non-hydrogen) atoms. The lowest BCUT2D eigenvalue weighted by Gasteiger charge is -2.22. The second-order valence-corrected chi connectivity index (χ2v) is 10.8. The van der Waals surface area contributed by atoms with Crippen molar-refractivity contribution in [3.05, 3.63) is 71.8 Å². The highest BCUT2D eigenvalue weighted by Crippen LogP contribution is 2.23. The molecule has 0 aliphatic carbocycles. The molecule has 144 valence electrons. The van der Waals surface area contributed by atoms with E-state index >= 15 is 0 Å². The average molecular weight is 425 g/mol. The molecule has 6 nitrogen and oxygen atoms in total. The van der Waals surface area contributed by atoms with Crippen LogP contribution in [0.2, 0.25) is 0 Å². The average Bonchev–Trinajstić information content (AvgIpc) is 2.61. The first-order chi connectivity index (χ1) is 12.8. The number of hydrogen-bond acceptors (Lipinski definition) is 6. The zero-order chi connectivity index (χ0) is 19.9.